The molecule has 0 heterocycles. The van der Waals surface area contributed by atoms with E-state index in [-0.39, 0.29) is 0 Å². The Morgan fingerprint density at radius 3 is 0.923 bits per heavy atom. The van der Waals surface area contributed by atoms with Gasteiger partial charge in [-0.1, -0.05) is 120 Å². The minimum Gasteiger partial charge on any atom is -0.0920 e. The Kier molecular flexibility index (Phi) is 8.41. The van der Waals surface area contributed by atoms with Gasteiger partial charge < -0.3 is 0 Å². The minimum absolute atomic E-state index is 0.984. The first kappa shape index (κ1) is 25.0. The second-order valence-electron chi connectivity index (χ2n) is 12.2. The average Bonchev–Trinajstić information content (AvgIpc) is 2.38. The van der Waals surface area contributed by atoms with Crippen LogP contribution in [0.15, 0.2) is 24.3 Å². The van der Waals surface area contributed by atoms with E-state index < -0.39 is 32.3 Å². The molecule has 0 spiro atoms. The molecule has 0 aliphatic heterocycles. The van der Waals surface area contributed by atoms with Gasteiger partial charge in [0.25, 0.3) is 0 Å². The van der Waals surface area contributed by atoms with Crippen LogP contribution in [-0.2, 0) is 0 Å². The Balaban J connectivity index is 3.26. The number of hydrogen-bond donors (Lipinski definition) is 0. The summed E-state index contributed by atoms with van der Waals surface area (Å²) in [7, 11) is -2.54. The zero-order valence-electron chi connectivity index (χ0n) is 19.5. The number of benzene rings is 1. The molecule has 0 fully saturated rings. The Labute approximate surface area is 172 Å². The van der Waals surface area contributed by atoms with E-state index in [0.29, 0.717) is 0 Å². The van der Waals surface area contributed by atoms with Crippen LogP contribution in [0.1, 0.15) is 0 Å². The lowest BCUT2D eigenvalue weighted by atomic mass is 10.4. The smallest absolute Gasteiger partial charge is 0.0492 e. The predicted molar refractivity (Wildman–Crippen MR) is 143 cm³/mol. The fourth-order valence-corrected chi connectivity index (χ4v) is 36.0. The van der Waals surface area contributed by atoms with Gasteiger partial charge in [0.2, 0.25) is 0 Å². The maximum atomic E-state index is 2.60. The highest BCUT2D eigenvalue weighted by molar-refractivity contribution is 7.62. The third-order valence-electron chi connectivity index (χ3n) is 4.99. The summed E-state index contributed by atoms with van der Waals surface area (Å²) < 4.78 is 0. The van der Waals surface area contributed by atoms with Crippen molar-refractivity contribution in [3.05, 3.63) is 24.3 Å². The van der Waals surface area contributed by atoms with E-state index in [1.807, 2.05) is 0 Å². The normalized spacial score (nSPS) is 15.3. The summed E-state index contributed by atoms with van der Waals surface area (Å²) in [6.45, 7) is 31.2. The Hall–Kier alpha value is 0.948. The van der Waals surface area contributed by atoms with Crippen LogP contribution < -0.4 is 10.6 Å². The lowest BCUT2D eigenvalue weighted by Crippen LogP contribution is -2.53. The summed E-state index contributed by atoms with van der Waals surface area (Å²) in [5, 5.41) is 3.42. The summed E-state index contributed by atoms with van der Waals surface area (Å²) >= 11 is 0. The minimum atomic E-state index is -1.15. The fraction of sp³-hybridized carbons (Fsp3) is 0.700. The SMILES string of the molecule is C[Si](C)(C)C(Pc1ccccc1PC([Si](C)(C)C)[Si](C)(C)C)[Si](C)(C)C. The van der Waals surface area contributed by atoms with Crippen molar-refractivity contribution in [2.24, 2.45) is 0 Å². The van der Waals surface area contributed by atoms with Gasteiger partial charge in [-0.05, 0) is 20.4 Å². The van der Waals surface area contributed by atoms with E-state index in [9.17, 15) is 0 Å². The predicted octanol–water partition coefficient (Wildman–Crippen LogP) is 6.54. The molecule has 1 aromatic rings. The lowest BCUT2D eigenvalue weighted by Gasteiger charge is -2.40. The quantitative estimate of drug-likeness (QED) is 0.306. The van der Waals surface area contributed by atoms with Gasteiger partial charge >= 0.3 is 0 Å². The van der Waals surface area contributed by atoms with Crippen LogP contribution >= 0.6 is 17.2 Å². The molecule has 26 heavy (non-hydrogen) atoms. The molecule has 2 unspecified atom stereocenters. The fourth-order valence-electron chi connectivity index (χ4n) is 4.51. The molecular formula is C20H44P2Si4. The maximum absolute atomic E-state index is 2.60. The van der Waals surface area contributed by atoms with E-state index in [1.54, 1.807) is 10.6 Å². The van der Waals surface area contributed by atoms with Gasteiger partial charge in [0.15, 0.2) is 0 Å². The van der Waals surface area contributed by atoms with E-state index in [4.69, 9.17) is 0 Å². The molecule has 0 saturated heterocycles. The standard InChI is InChI=1S/C20H44P2Si4/c1-23(2,3)19(24(4,5)6)21-17-15-13-14-16-18(17)22-20(25(7,8)9)26(10,11)12/h13-16,19-22H,1-12H3. The van der Waals surface area contributed by atoms with Crippen molar-refractivity contribution in [1.29, 1.82) is 0 Å². The summed E-state index contributed by atoms with van der Waals surface area (Å²) in [6, 6.07) is 9.53. The van der Waals surface area contributed by atoms with Gasteiger partial charge in [-0.15, -0.1) is 0 Å². The molecule has 0 nitrogen and oxygen atoms in total. The average molecular weight is 459 g/mol. The third kappa shape index (κ3) is 7.41. The second-order valence-corrected chi connectivity index (χ2v) is 39.7. The van der Waals surface area contributed by atoms with Gasteiger partial charge in [-0.25, -0.2) is 0 Å². The van der Waals surface area contributed by atoms with Crippen molar-refractivity contribution in [2.75, 3.05) is 0 Å². The van der Waals surface area contributed by atoms with Crippen LogP contribution in [0.5, 0.6) is 0 Å². The zero-order chi connectivity index (χ0) is 20.6. The molecule has 1 rings (SSSR count). The summed E-state index contributed by atoms with van der Waals surface area (Å²) in [4.78, 5) is 1.97. The molecule has 0 N–H and O–H groups in total. The Bertz CT molecular complexity index is 509. The molecular weight excluding hydrogens is 415 g/mol. The first-order valence-corrected chi connectivity index (χ1v) is 26.5. The molecule has 2 atom stereocenters. The summed E-state index contributed by atoms with van der Waals surface area (Å²) in [5.41, 5.74) is 0. The Morgan fingerprint density at radius 1 is 0.500 bits per heavy atom. The van der Waals surface area contributed by atoms with Crippen molar-refractivity contribution < 1.29 is 0 Å². The highest BCUT2D eigenvalue weighted by atomic mass is 31.1. The van der Waals surface area contributed by atoms with Crippen molar-refractivity contribution in [2.45, 2.75) is 88.4 Å². The van der Waals surface area contributed by atoms with Gasteiger partial charge in [0.05, 0.1) is 0 Å². The summed E-state index contributed by atoms with van der Waals surface area (Å²) in [5.74, 6) is 0. The summed E-state index contributed by atoms with van der Waals surface area (Å²) in [6.07, 6.45) is 0. The van der Waals surface area contributed by atoms with Gasteiger partial charge in [-0.3, -0.25) is 0 Å². The first-order valence-electron chi connectivity index (χ1n) is 10.1. The van der Waals surface area contributed by atoms with Gasteiger partial charge in [-0.2, -0.15) is 0 Å². The monoisotopic (exact) mass is 458 g/mol. The van der Waals surface area contributed by atoms with Crippen LogP contribution in [0.3, 0.4) is 0 Å². The number of rotatable bonds is 8. The largest absolute Gasteiger partial charge is 0.0920 e. The molecule has 0 radical (unpaired) electrons. The van der Waals surface area contributed by atoms with Crippen molar-refractivity contribution in [1.82, 2.24) is 0 Å². The maximum Gasteiger partial charge on any atom is 0.0492 e. The van der Waals surface area contributed by atoms with Crippen molar-refractivity contribution in [3.63, 3.8) is 0 Å². The van der Waals surface area contributed by atoms with Crippen LogP contribution in [0, 0.1) is 0 Å². The van der Waals surface area contributed by atoms with Gasteiger partial charge in [0, 0.05) is 32.3 Å². The Morgan fingerprint density at radius 2 is 0.731 bits per heavy atom. The van der Waals surface area contributed by atoms with E-state index in [2.05, 4.69) is 103 Å². The van der Waals surface area contributed by atoms with Crippen molar-refractivity contribution in [3.8, 4) is 0 Å². The molecule has 0 aliphatic carbocycles. The molecule has 6 heteroatoms. The van der Waals surface area contributed by atoms with Gasteiger partial charge in [0.1, 0.15) is 0 Å². The van der Waals surface area contributed by atoms with E-state index >= 15 is 0 Å². The second kappa shape index (κ2) is 8.76. The van der Waals surface area contributed by atoms with Crippen LogP contribution in [0.25, 0.3) is 0 Å². The molecule has 1 aromatic carbocycles. The molecule has 0 saturated carbocycles. The number of hydrogen-bond acceptors (Lipinski definition) is 0. The molecule has 0 aromatic heterocycles. The van der Waals surface area contributed by atoms with Crippen LogP contribution in [0.4, 0.5) is 0 Å². The molecule has 0 aliphatic rings. The van der Waals surface area contributed by atoms with Crippen LogP contribution in [-0.4, -0.2) is 42.1 Å². The molecule has 0 bridgehead atoms. The third-order valence-corrected chi connectivity index (χ3v) is 36.8. The van der Waals surface area contributed by atoms with Crippen molar-refractivity contribution >= 4 is 60.1 Å². The molecule has 150 valence electrons. The highest BCUT2D eigenvalue weighted by Crippen LogP contribution is 2.38. The van der Waals surface area contributed by atoms with E-state index in [1.165, 1.54) is 0 Å². The van der Waals surface area contributed by atoms with E-state index in [0.717, 1.165) is 27.0 Å². The highest BCUT2D eigenvalue weighted by Gasteiger charge is 2.40. The molecule has 0 amide bonds. The first-order chi connectivity index (χ1) is 11.4. The van der Waals surface area contributed by atoms with Crippen LogP contribution in [0.2, 0.25) is 78.6 Å². The zero-order valence-corrected chi connectivity index (χ0v) is 25.5. The topological polar surface area (TPSA) is 0 Å². The lowest BCUT2D eigenvalue weighted by molar-refractivity contribution is 1.45.